The van der Waals surface area contributed by atoms with Crippen molar-refractivity contribution in [2.24, 2.45) is 5.92 Å². The van der Waals surface area contributed by atoms with Crippen molar-refractivity contribution >= 4 is 5.78 Å². The van der Waals surface area contributed by atoms with Crippen molar-refractivity contribution < 1.29 is 34.0 Å². The van der Waals surface area contributed by atoms with Crippen molar-refractivity contribution in [3.63, 3.8) is 0 Å². The number of rotatable bonds is 3. The highest BCUT2D eigenvalue weighted by Gasteiger charge is 2.61. The van der Waals surface area contributed by atoms with E-state index in [0.717, 1.165) is 0 Å². The average molecular weight is 290 g/mol. The molecule has 1 saturated heterocycles. The molecule has 2 rings (SSSR count). The summed E-state index contributed by atoms with van der Waals surface area (Å²) in [5.41, 5.74) is 0. The maximum atomic E-state index is 12.3. The lowest BCUT2D eigenvalue weighted by molar-refractivity contribution is -0.450. The Hall–Kier alpha value is -0.570. The zero-order chi connectivity index (χ0) is 15.1. The molecule has 1 heterocycles. The number of aliphatic hydroxyl groups excluding tert-OH is 2. The fourth-order valence-electron chi connectivity index (χ4n) is 2.75. The lowest BCUT2D eigenvalue weighted by Crippen LogP contribution is -2.70. The van der Waals surface area contributed by atoms with E-state index in [4.69, 9.17) is 18.9 Å². The number of ether oxygens (including phenoxy) is 4. The molecule has 7 heteroatoms. The van der Waals surface area contributed by atoms with Crippen molar-refractivity contribution in [1.82, 2.24) is 0 Å². The number of ketones is 1. The first-order valence-electron chi connectivity index (χ1n) is 6.60. The number of aliphatic hydroxyl groups is 2. The first-order valence-corrected chi connectivity index (χ1v) is 6.60. The van der Waals surface area contributed by atoms with Crippen LogP contribution in [-0.4, -0.2) is 66.7 Å². The Labute approximate surface area is 117 Å². The minimum atomic E-state index is -1.30. The monoisotopic (exact) mass is 290 g/mol. The Bertz CT molecular complexity index is 387. The molecule has 20 heavy (non-hydrogen) atoms. The number of fused-ring (bicyclic) bond motifs is 1. The third kappa shape index (κ3) is 2.18. The maximum absolute atomic E-state index is 12.3. The molecular formula is C13H22O7. The second-order valence-corrected chi connectivity index (χ2v) is 5.51. The van der Waals surface area contributed by atoms with Crippen LogP contribution in [0, 0.1) is 5.92 Å². The van der Waals surface area contributed by atoms with Gasteiger partial charge in [-0.2, -0.15) is 0 Å². The fourth-order valence-corrected chi connectivity index (χ4v) is 2.75. The van der Waals surface area contributed by atoms with E-state index >= 15 is 0 Å². The molecule has 0 aromatic rings. The van der Waals surface area contributed by atoms with Gasteiger partial charge in [0.1, 0.15) is 12.2 Å². The van der Waals surface area contributed by atoms with Gasteiger partial charge in [0, 0.05) is 20.1 Å². The molecule has 0 radical (unpaired) electrons. The number of carbonyl (C=O) groups excluding carboxylic acids is 1. The van der Waals surface area contributed by atoms with Gasteiger partial charge in [0.25, 0.3) is 0 Å². The largest absolute Gasteiger partial charge is 0.396 e. The van der Waals surface area contributed by atoms with E-state index in [9.17, 15) is 15.0 Å². The summed E-state index contributed by atoms with van der Waals surface area (Å²) in [7, 11) is 2.86. The second kappa shape index (κ2) is 5.32. The Kier molecular flexibility index (Phi) is 4.21. The summed E-state index contributed by atoms with van der Waals surface area (Å²) >= 11 is 0. The molecule has 0 bridgehead atoms. The normalized spacial score (nSPS) is 49.0. The van der Waals surface area contributed by atoms with Gasteiger partial charge in [-0.1, -0.05) is 0 Å². The molecule has 1 aliphatic heterocycles. The van der Waals surface area contributed by atoms with Crippen LogP contribution in [0.3, 0.4) is 0 Å². The summed E-state index contributed by atoms with van der Waals surface area (Å²) in [6.45, 7) is 2.91. The summed E-state index contributed by atoms with van der Waals surface area (Å²) in [5.74, 6) is -3.49. The third-order valence-electron chi connectivity index (χ3n) is 4.42. The summed E-state index contributed by atoms with van der Waals surface area (Å²) in [5, 5.41) is 19.4. The van der Waals surface area contributed by atoms with Crippen molar-refractivity contribution in [2.45, 2.75) is 50.2 Å². The van der Waals surface area contributed by atoms with Crippen LogP contribution in [0.5, 0.6) is 0 Å². The summed E-state index contributed by atoms with van der Waals surface area (Å²) < 4.78 is 22.2. The van der Waals surface area contributed by atoms with E-state index in [0.29, 0.717) is 0 Å². The van der Waals surface area contributed by atoms with Gasteiger partial charge >= 0.3 is 0 Å². The topological polar surface area (TPSA) is 94.5 Å². The quantitative estimate of drug-likeness (QED) is 0.719. The third-order valence-corrected chi connectivity index (χ3v) is 4.42. The van der Waals surface area contributed by atoms with Crippen LogP contribution in [-0.2, 0) is 23.7 Å². The van der Waals surface area contributed by atoms with Gasteiger partial charge in [-0.25, -0.2) is 0 Å². The lowest BCUT2D eigenvalue weighted by Gasteiger charge is -2.54. The van der Waals surface area contributed by atoms with E-state index in [1.807, 2.05) is 0 Å². The Morgan fingerprint density at radius 2 is 1.80 bits per heavy atom. The lowest BCUT2D eigenvalue weighted by atomic mass is 9.81. The molecule has 116 valence electrons. The average Bonchev–Trinajstić information content (AvgIpc) is 2.45. The highest BCUT2D eigenvalue weighted by molar-refractivity contribution is 5.87. The molecule has 0 aromatic carbocycles. The van der Waals surface area contributed by atoms with Gasteiger partial charge in [0.05, 0.1) is 12.7 Å². The van der Waals surface area contributed by atoms with Crippen LogP contribution >= 0.6 is 0 Å². The SMILES string of the molecule is CO[C@]1(C)O[C@H]2[C@@H](O)C[C@H](CO)C(=O)[C@@H]2O[C@@]1(C)OC. The molecule has 2 fully saturated rings. The van der Waals surface area contributed by atoms with Crippen LogP contribution in [0.4, 0.5) is 0 Å². The predicted molar refractivity (Wildman–Crippen MR) is 66.8 cm³/mol. The zero-order valence-electron chi connectivity index (χ0n) is 12.2. The molecule has 2 aliphatic rings. The molecule has 6 atom stereocenters. The fraction of sp³-hybridized carbons (Fsp3) is 0.923. The first kappa shape index (κ1) is 15.8. The van der Waals surface area contributed by atoms with Crippen molar-refractivity contribution in [2.75, 3.05) is 20.8 Å². The highest BCUT2D eigenvalue weighted by Crippen LogP contribution is 2.43. The van der Waals surface area contributed by atoms with Crippen LogP contribution in [0.15, 0.2) is 0 Å². The molecule has 0 amide bonds. The molecular weight excluding hydrogens is 268 g/mol. The summed E-state index contributed by atoms with van der Waals surface area (Å²) in [6, 6.07) is 0. The predicted octanol–water partition coefficient (Wildman–Crippen LogP) is -0.562. The number of methoxy groups -OCH3 is 2. The van der Waals surface area contributed by atoms with Gasteiger partial charge < -0.3 is 29.2 Å². The minimum absolute atomic E-state index is 0.142. The van der Waals surface area contributed by atoms with Gasteiger partial charge in [-0.3, -0.25) is 4.79 Å². The van der Waals surface area contributed by atoms with Gasteiger partial charge in [0.15, 0.2) is 5.78 Å². The van der Waals surface area contributed by atoms with E-state index in [-0.39, 0.29) is 18.8 Å². The van der Waals surface area contributed by atoms with E-state index in [2.05, 4.69) is 0 Å². The highest BCUT2D eigenvalue weighted by atomic mass is 16.8. The van der Waals surface area contributed by atoms with Crippen molar-refractivity contribution in [3.8, 4) is 0 Å². The molecule has 0 unspecified atom stereocenters. The molecule has 1 saturated carbocycles. The number of Topliss-reactive ketones (excluding diaryl/α,β-unsaturated/α-hetero) is 1. The standard InChI is InChI=1S/C13H22O7/c1-12(17-3)13(2,18-4)20-11-9(16)7(6-14)5-8(15)10(11)19-12/h7-8,10-11,14-15H,5-6H2,1-4H3/t7-,8+,10+,11+,12-,13-/m1/s1. The summed E-state index contributed by atoms with van der Waals surface area (Å²) in [6.07, 6.45) is -2.59. The van der Waals surface area contributed by atoms with E-state index in [1.165, 1.54) is 14.2 Å². The van der Waals surface area contributed by atoms with Crippen molar-refractivity contribution in [3.05, 3.63) is 0 Å². The molecule has 0 aromatic heterocycles. The van der Waals surface area contributed by atoms with Crippen LogP contribution in [0.1, 0.15) is 20.3 Å². The molecule has 2 N–H and O–H groups in total. The van der Waals surface area contributed by atoms with Crippen molar-refractivity contribution in [1.29, 1.82) is 0 Å². The molecule has 7 nitrogen and oxygen atoms in total. The molecule has 0 spiro atoms. The Morgan fingerprint density at radius 3 is 2.30 bits per heavy atom. The Balaban J connectivity index is 2.33. The second-order valence-electron chi connectivity index (χ2n) is 5.51. The van der Waals surface area contributed by atoms with Gasteiger partial charge in [-0.05, 0) is 20.3 Å². The van der Waals surface area contributed by atoms with Gasteiger partial charge in [-0.15, -0.1) is 0 Å². The number of hydrogen-bond acceptors (Lipinski definition) is 7. The smallest absolute Gasteiger partial charge is 0.221 e. The van der Waals surface area contributed by atoms with E-state index in [1.54, 1.807) is 13.8 Å². The van der Waals surface area contributed by atoms with E-state index < -0.39 is 35.8 Å². The summed E-state index contributed by atoms with van der Waals surface area (Å²) in [4.78, 5) is 12.3. The zero-order valence-corrected chi connectivity index (χ0v) is 12.2. The van der Waals surface area contributed by atoms with Gasteiger partial charge in [0.2, 0.25) is 11.6 Å². The molecule has 1 aliphatic carbocycles. The minimum Gasteiger partial charge on any atom is -0.396 e. The number of hydrogen-bond donors (Lipinski definition) is 2. The van der Waals surface area contributed by atoms with Crippen LogP contribution in [0.2, 0.25) is 0 Å². The first-order chi connectivity index (χ1) is 9.31. The Morgan fingerprint density at radius 1 is 1.25 bits per heavy atom. The van der Waals surface area contributed by atoms with Crippen LogP contribution < -0.4 is 0 Å². The van der Waals surface area contributed by atoms with Crippen LogP contribution in [0.25, 0.3) is 0 Å². The number of carbonyl (C=O) groups is 1. The maximum Gasteiger partial charge on any atom is 0.221 e.